The summed E-state index contributed by atoms with van der Waals surface area (Å²) in [4.78, 5) is 13.4. The van der Waals surface area contributed by atoms with E-state index in [0.29, 0.717) is 13.2 Å². The molecular formula is C13H16ClNO2. The minimum Gasteiger partial charge on any atom is -0.445 e. The van der Waals surface area contributed by atoms with Crippen molar-refractivity contribution >= 4 is 17.7 Å². The minimum absolute atomic E-state index is 0.0630. The third-order valence-electron chi connectivity index (χ3n) is 2.83. The average molecular weight is 254 g/mol. The lowest BCUT2D eigenvalue weighted by Gasteiger charge is -2.28. The van der Waals surface area contributed by atoms with Crippen molar-refractivity contribution in [1.29, 1.82) is 0 Å². The van der Waals surface area contributed by atoms with Crippen LogP contribution in [0.3, 0.4) is 0 Å². The Kier molecular flexibility index (Phi) is 4.26. The average Bonchev–Trinajstić information content (AvgIpc) is 2.37. The molecule has 92 valence electrons. The number of rotatable bonds is 2. The van der Waals surface area contributed by atoms with Gasteiger partial charge in [0.15, 0.2) is 0 Å². The molecule has 0 aromatic heterocycles. The van der Waals surface area contributed by atoms with Crippen molar-refractivity contribution in [2.24, 2.45) is 0 Å². The summed E-state index contributed by atoms with van der Waals surface area (Å²) in [6.07, 6.45) is 1.66. The number of amides is 1. The van der Waals surface area contributed by atoms with Crippen LogP contribution in [0.2, 0.25) is 0 Å². The molecule has 17 heavy (non-hydrogen) atoms. The molecular weight excluding hydrogens is 238 g/mol. The molecule has 0 spiro atoms. The molecule has 2 rings (SSSR count). The van der Waals surface area contributed by atoms with E-state index < -0.39 is 0 Å². The zero-order valence-electron chi connectivity index (χ0n) is 9.64. The number of ether oxygens (including phenoxy) is 1. The van der Waals surface area contributed by atoms with E-state index in [-0.39, 0.29) is 11.5 Å². The largest absolute Gasteiger partial charge is 0.445 e. The Morgan fingerprint density at radius 2 is 2.18 bits per heavy atom. The highest BCUT2D eigenvalue weighted by Crippen LogP contribution is 2.16. The first-order valence-electron chi connectivity index (χ1n) is 5.85. The van der Waals surface area contributed by atoms with Crippen molar-refractivity contribution < 1.29 is 9.53 Å². The molecule has 1 fully saturated rings. The Balaban J connectivity index is 1.81. The van der Waals surface area contributed by atoms with Crippen molar-refractivity contribution in [3.63, 3.8) is 0 Å². The molecule has 1 aliphatic rings. The van der Waals surface area contributed by atoms with E-state index >= 15 is 0 Å². The highest BCUT2D eigenvalue weighted by Gasteiger charge is 2.22. The summed E-state index contributed by atoms with van der Waals surface area (Å²) >= 11 is 6.02. The van der Waals surface area contributed by atoms with Gasteiger partial charge in [-0.25, -0.2) is 4.79 Å². The van der Waals surface area contributed by atoms with Crippen LogP contribution in [0.5, 0.6) is 0 Å². The Morgan fingerprint density at radius 3 is 2.88 bits per heavy atom. The number of hydrogen-bond acceptors (Lipinski definition) is 2. The summed E-state index contributed by atoms with van der Waals surface area (Å²) in [5, 5.41) is 0.0630. The Bertz CT molecular complexity index is 369. The zero-order chi connectivity index (χ0) is 12.1. The first-order chi connectivity index (χ1) is 8.25. The number of carbonyl (C=O) groups excluding carboxylic acids is 1. The second-order valence-electron chi connectivity index (χ2n) is 4.23. The van der Waals surface area contributed by atoms with Crippen molar-refractivity contribution in [3.05, 3.63) is 35.9 Å². The van der Waals surface area contributed by atoms with Gasteiger partial charge in [-0.05, 0) is 18.4 Å². The van der Waals surface area contributed by atoms with Gasteiger partial charge in [0.2, 0.25) is 0 Å². The maximum Gasteiger partial charge on any atom is 0.410 e. The first-order valence-corrected chi connectivity index (χ1v) is 6.29. The Labute approximate surface area is 106 Å². The highest BCUT2D eigenvalue weighted by atomic mass is 35.5. The molecule has 1 amide bonds. The molecule has 1 atom stereocenters. The number of benzene rings is 1. The summed E-state index contributed by atoms with van der Waals surface area (Å²) < 4.78 is 5.24. The van der Waals surface area contributed by atoms with Crippen LogP contribution < -0.4 is 0 Å². The number of piperidine rings is 1. The number of hydrogen-bond donors (Lipinski definition) is 0. The Morgan fingerprint density at radius 1 is 1.41 bits per heavy atom. The molecule has 0 unspecified atom stereocenters. The molecule has 1 aromatic carbocycles. The second kappa shape index (κ2) is 5.92. The smallest absolute Gasteiger partial charge is 0.410 e. The van der Waals surface area contributed by atoms with Crippen LogP contribution in [0.25, 0.3) is 0 Å². The van der Waals surface area contributed by atoms with Crippen molar-refractivity contribution in [2.45, 2.75) is 24.8 Å². The summed E-state index contributed by atoms with van der Waals surface area (Å²) in [6.45, 7) is 1.66. The van der Waals surface area contributed by atoms with E-state index in [0.717, 1.165) is 24.9 Å². The second-order valence-corrected chi connectivity index (χ2v) is 4.84. The summed E-state index contributed by atoms with van der Waals surface area (Å²) in [6, 6.07) is 9.67. The van der Waals surface area contributed by atoms with Gasteiger partial charge >= 0.3 is 6.09 Å². The normalized spacial score (nSPS) is 20.1. The van der Waals surface area contributed by atoms with Gasteiger partial charge in [-0.1, -0.05) is 30.3 Å². The van der Waals surface area contributed by atoms with E-state index in [4.69, 9.17) is 16.3 Å². The molecule has 0 radical (unpaired) electrons. The number of likely N-dealkylation sites (tertiary alicyclic amines) is 1. The van der Waals surface area contributed by atoms with Gasteiger partial charge in [-0.15, -0.1) is 11.6 Å². The quantitative estimate of drug-likeness (QED) is 0.759. The Hall–Kier alpha value is -1.22. The zero-order valence-corrected chi connectivity index (χ0v) is 10.4. The van der Waals surface area contributed by atoms with Gasteiger partial charge in [0, 0.05) is 13.1 Å². The molecule has 1 saturated heterocycles. The predicted octanol–water partition coefficient (Wildman–Crippen LogP) is 3.03. The molecule has 0 N–H and O–H groups in total. The number of halogens is 1. The lowest BCUT2D eigenvalue weighted by atomic mass is 10.1. The van der Waals surface area contributed by atoms with E-state index in [9.17, 15) is 4.79 Å². The summed E-state index contributed by atoms with van der Waals surface area (Å²) in [5.74, 6) is 0. The standard InChI is InChI=1S/C13H16ClNO2/c14-12-7-4-8-15(9-12)13(16)17-10-11-5-2-1-3-6-11/h1-3,5-6,12H,4,7-10H2/t12-/m1/s1. The fourth-order valence-electron chi connectivity index (χ4n) is 1.90. The van der Waals surface area contributed by atoms with Gasteiger partial charge < -0.3 is 9.64 Å². The maximum atomic E-state index is 11.8. The number of nitrogens with zero attached hydrogens (tertiary/aromatic N) is 1. The summed E-state index contributed by atoms with van der Waals surface area (Å²) in [7, 11) is 0. The monoisotopic (exact) mass is 253 g/mol. The number of alkyl halides is 1. The highest BCUT2D eigenvalue weighted by molar-refractivity contribution is 6.20. The van der Waals surface area contributed by atoms with Crippen LogP contribution in [0.15, 0.2) is 30.3 Å². The van der Waals surface area contributed by atoms with Gasteiger partial charge in [-0.2, -0.15) is 0 Å². The van der Waals surface area contributed by atoms with E-state index in [1.807, 2.05) is 30.3 Å². The molecule has 4 heteroatoms. The topological polar surface area (TPSA) is 29.5 Å². The fraction of sp³-hybridized carbons (Fsp3) is 0.462. The third kappa shape index (κ3) is 3.63. The van der Waals surface area contributed by atoms with E-state index in [2.05, 4.69) is 0 Å². The molecule has 0 aliphatic carbocycles. The lowest BCUT2D eigenvalue weighted by molar-refractivity contribution is 0.0900. The van der Waals surface area contributed by atoms with Crippen LogP contribution in [-0.4, -0.2) is 29.5 Å². The SMILES string of the molecule is O=C(OCc1ccccc1)N1CCC[C@@H](Cl)C1. The maximum absolute atomic E-state index is 11.8. The van der Waals surface area contributed by atoms with Crippen molar-refractivity contribution in [3.8, 4) is 0 Å². The minimum atomic E-state index is -0.265. The summed E-state index contributed by atoms with van der Waals surface area (Å²) in [5.41, 5.74) is 1.00. The van der Waals surface area contributed by atoms with Crippen LogP contribution in [-0.2, 0) is 11.3 Å². The fourth-order valence-corrected chi connectivity index (χ4v) is 2.22. The van der Waals surface area contributed by atoms with Crippen molar-refractivity contribution in [2.75, 3.05) is 13.1 Å². The third-order valence-corrected chi connectivity index (χ3v) is 3.18. The van der Waals surface area contributed by atoms with Gasteiger partial charge in [0.05, 0.1) is 5.38 Å². The number of carbonyl (C=O) groups is 1. The molecule has 0 saturated carbocycles. The van der Waals surface area contributed by atoms with Crippen LogP contribution in [0.4, 0.5) is 4.79 Å². The molecule has 3 nitrogen and oxygen atoms in total. The van der Waals surface area contributed by atoms with Crippen molar-refractivity contribution in [1.82, 2.24) is 4.90 Å². The van der Waals surface area contributed by atoms with Crippen LogP contribution in [0.1, 0.15) is 18.4 Å². The molecule has 0 bridgehead atoms. The van der Waals surface area contributed by atoms with Gasteiger partial charge in [-0.3, -0.25) is 0 Å². The first kappa shape index (κ1) is 12.2. The molecule has 1 aromatic rings. The van der Waals surface area contributed by atoms with Crippen LogP contribution >= 0.6 is 11.6 Å². The molecule has 1 heterocycles. The van der Waals surface area contributed by atoms with E-state index in [1.165, 1.54) is 0 Å². The van der Waals surface area contributed by atoms with Gasteiger partial charge in [0.1, 0.15) is 6.61 Å². The lowest BCUT2D eigenvalue weighted by Crippen LogP contribution is -2.40. The molecule has 1 aliphatic heterocycles. The predicted molar refractivity (Wildman–Crippen MR) is 67.1 cm³/mol. The van der Waals surface area contributed by atoms with Crippen LogP contribution in [0, 0.1) is 0 Å². The van der Waals surface area contributed by atoms with Gasteiger partial charge in [0.25, 0.3) is 0 Å². The van der Waals surface area contributed by atoms with E-state index in [1.54, 1.807) is 4.90 Å².